The molecule has 1 aromatic heterocycles. The van der Waals surface area contributed by atoms with Crippen LogP contribution in [0.4, 0.5) is 11.4 Å². The number of hydrogen-bond donors (Lipinski definition) is 4. The molecular weight excluding hydrogens is 414 g/mol. The molecule has 0 radical (unpaired) electrons. The second kappa shape index (κ2) is 7.87. The van der Waals surface area contributed by atoms with E-state index >= 15 is 0 Å². The number of carboxylic acid groups (broad SMARTS) is 1. The van der Waals surface area contributed by atoms with Crippen molar-refractivity contribution >= 4 is 33.3 Å². The molecule has 0 unspecified atom stereocenters. The molecule has 1 heterocycles. The van der Waals surface area contributed by atoms with Gasteiger partial charge >= 0.3 is 5.97 Å². The smallest absolute Gasteiger partial charge is 0.339 e. The molecule has 0 spiro atoms. The molecule has 1 amide bonds. The van der Waals surface area contributed by atoms with Gasteiger partial charge in [0.1, 0.15) is 22.6 Å². The number of amides is 1. The number of hydrogen-bond acceptors (Lipinski definition) is 7. The van der Waals surface area contributed by atoms with Crippen LogP contribution in [0.2, 0.25) is 0 Å². The molecule has 0 saturated carbocycles. The van der Waals surface area contributed by atoms with Crippen molar-refractivity contribution < 1.29 is 32.7 Å². The van der Waals surface area contributed by atoms with Crippen molar-refractivity contribution in [2.75, 3.05) is 10.0 Å². The van der Waals surface area contributed by atoms with Crippen LogP contribution in [0.15, 0.2) is 52.0 Å². The van der Waals surface area contributed by atoms with Crippen molar-refractivity contribution in [3.8, 4) is 5.75 Å². The summed E-state index contributed by atoms with van der Waals surface area (Å²) in [4.78, 5) is 23.1. The lowest BCUT2D eigenvalue weighted by molar-refractivity contribution is 0.0693. The van der Waals surface area contributed by atoms with Gasteiger partial charge in [-0.25, -0.2) is 13.2 Å². The van der Waals surface area contributed by atoms with Gasteiger partial charge < -0.3 is 20.1 Å². The van der Waals surface area contributed by atoms with Crippen LogP contribution in [-0.2, 0) is 10.0 Å². The molecule has 0 bridgehead atoms. The number of rotatable bonds is 6. The molecule has 156 valence electrons. The summed E-state index contributed by atoms with van der Waals surface area (Å²) in [6, 6.07) is 7.81. The summed E-state index contributed by atoms with van der Waals surface area (Å²) < 4.78 is 32.6. The number of aromatic hydroxyl groups is 1. The number of carbonyl (C=O) groups excluding carboxylic acids is 1. The van der Waals surface area contributed by atoms with Gasteiger partial charge in [0.15, 0.2) is 0 Å². The first-order chi connectivity index (χ1) is 14.1. The Morgan fingerprint density at radius 1 is 1.03 bits per heavy atom. The van der Waals surface area contributed by atoms with Crippen LogP contribution in [0.1, 0.15) is 32.0 Å². The highest BCUT2D eigenvalue weighted by Gasteiger charge is 2.22. The predicted molar refractivity (Wildman–Crippen MR) is 106 cm³/mol. The number of phenols is 1. The zero-order valence-corrected chi connectivity index (χ0v) is 16.6. The molecule has 0 atom stereocenters. The van der Waals surface area contributed by atoms with E-state index < -0.39 is 33.2 Å². The second-order valence-corrected chi connectivity index (χ2v) is 8.02. The molecule has 10 nitrogen and oxygen atoms in total. The average molecular weight is 431 g/mol. The summed E-state index contributed by atoms with van der Waals surface area (Å²) in [5.41, 5.74) is 0.536. The third kappa shape index (κ3) is 4.25. The highest BCUT2D eigenvalue weighted by Crippen LogP contribution is 2.27. The first-order valence-corrected chi connectivity index (χ1v) is 9.99. The van der Waals surface area contributed by atoms with Crippen LogP contribution in [0.5, 0.6) is 5.75 Å². The van der Waals surface area contributed by atoms with E-state index in [1.807, 2.05) is 0 Å². The first kappa shape index (κ1) is 20.9. The molecule has 0 aliphatic heterocycles. The molecule has 0 aliphatic rings. The molecule has 3 aromatic rings. The van der Waals surface area contributed by atoms with E-state index in [1.54, 1.807) is 6.92 Å². The summed E-state index contributed by atoms with van der Waals surface area (Å²) in [5, 5.41) is 25.0. The Hall–Kier alpha value is -3.86. The number of aryl methyl sites for hydroxylation is 2. The number of nitrogens with zero attached hydrogens (tertiary/aromatic N) is 1. The number of sulfonamides is 1. The van der Waals surface area contributed by atoms with Gasteiger partial charge in [-0.2, -0.15) is 0 Å². The number of anilines is 2. The van der Waals surface area contributed by atoms with Gasteiger partial charge in [0.25, 0.3) is 15.9 Å². The minimum Gasteiger partial charge on any atom is -0.507 e. The third-order valence-electron chi connectivity index (χ3n) is 4.20. The molecule has 4 N–H and O–H groups in total. The van der Waals surface area contributed by atoms with Crippen LogP contribution >= 0.6 is 0 Å². The Morgan fingerprint density at radius 3 is 2.23 bits per heavy atom. The zero-order chi connectivity index (χ0) is 22.1. The van der Waals surface area contributed by atoms with Gasteiger partial charge in [-0.3, -0.25) is 9.52 Å². The van der Waals surface area contributed by atoms with Crippen molar-refractivity contribution in [1.82, 2.24) is 5.16 Å². The first-order valence-electron chi connectivity index (χ1n) is 8.51. The molecule has 2 aromatic carbocycles. The van der Waals surface area contributed by atoms with Crippen molar-refractivity contribution in [3.05, 3.63) is 65.0 Å². The standard InChI is InChI=1S/C19H17N3O7S/c1-10-7-16(23)14(19(25)26)8-17(10)30(27,28)22-13-5-3-12(4-6-13)21-18(24)15-9-20-29-11(15)2/h3-9,22-23H,1-2H3,(H,21,24)(H,25,26). The number of carboxylic acids is 1. The van der Waals surface area contributed by atoms with Crippen molar-refractivity contribution in [3.63, 3.8) is 0 Å². The largest absolute Gasteiger partial charge is 0.507 e. The SMILES string of the molecule is Cc1cc(O)c(C(=O)O)cc1S(=O)(=O)Nc1ccc(NC(=O)c2cnoc2C)cc1. The van der Waals surface area contributed by atoms with Crippen LogP contribution in [0.25, 0.3) is 0 Å². The van der Waals surface area contributed by atoms with E-state index in [2.05, 4.69) is 15.2 Å². The quantitative estimate of drug-likeness (QED) is 0.464. The molecule has 30 heavy (non-hydrogen) atoms. The highest BCUT2D eigenvalue weighted by molar-refractivity contribution is 7.92. The lowest BCUT2D eigenvalue weighted by Gasteiger charge is -2.12. The molecular formula is C19H17N3O7S. The van der Waals surface area contributed by atoms with E-state index in [0.29, 0.717) is 11.4 Å². The van der Waals surface area contributed by atoms with Crippen molar-refractivity contribution in [2.24, 2.45) is 0 Å². The fraction of sp³-hybridized carbons (Fsp3) is 0.105. The fourth-order valence-corrected chi connectivity index (χ4v) is 3.99. The summed E-state index contributed by atoms with van der Waals surface area (Å²) >= 11 is 0. The Labute approximate surface area is 171 Å². The lowest BCUT2D eigenvalue weighted by Crippen LogP contribution is -2.16. The van der Waals surface area contributed by atoms with Gasteiger partial charge in [0.05, 0.1) is 11.1 Å². The summed E-state index contributed by atoms with van der Waals surface area (Å²) in [6.07, 6.45) is 1.29. The number of nitrogens with one attached hydrogen (secondary N) is 2. The van der Waals surface area contributed by atoms with E-state index in [1.165, 1.54) is 37.4 Å². The number of aromatic carboxylic acids is 1. The van der Waals surface area contributed by atoms with E-state index in [0.717, 1.165) is 12.1 Å². The maximum atomic E-state index is 12.7. The van der Waals surface area contributed by atoms with Gasteiger partial charge in [0, 0.05) is 11.4 Å². The third-order valence-corrected chi connectivity index (χ3v) is 5.73. The van der Waals surface area contributed by atoms with Gasteiger partial charge in [-0.1, -0.05) is 5.16 Å². The molecule has 0 saturated heterocycles. The Kier molecular flexibility index (Phi) is 5.47. The van der Waals surface area contributed by atoms with Crippen LogP contribution in [0.3, 0.4) is 0 Å². The van der Waals surface area contributed by atoms with Crippen molar-refractivity contribution in [2.45, 2.75) is 18.7 Å². The normalized spacial score (nSPS) is 11.1. The minimum atomic E-state index is -4.13. The Bertz CT molecular complexity index is 1230. The lowest BCUT2D eigenvalue weighted by atomic mass is 10.1. The topological polar surface area (TPSA) is 159 Å². The minimum absolute atomic E-state index is 0.179. The molecule has 11 heteroatoms. The summed E-state index contributed by atoms with van der Waals surface area (Å²) in [7, 11) is -4.13. The second-order valence-electron chi connectivity index (χ2n) is 6.37. The molecule has 0 fully saturated rings. The van der Waals surface area contributed by atoms with Crippen LogP contribution < -0.4 is 10.0 Å². The van der Waals surface area contributed by atoms with Gasteiger partial charge in [0.2, 0.25) is 0 Å². The summed E-state index contributed by atoms with van der Waals surface area (Å²) in [6.45, 7) is 3.03. The van der Waals surface area contributed by atoms with Gasteiger partial charge in [-0.15, -0.1) is 0 Å². The zero-order valence-electron chi connectivity index (χ0n) is 15.8. The molecule has 0 aliphatic carbocycles. The van der Waals surface area contributed by atoms with E-state index in [9.17, 15) is 23.1 Å². The highest BCUT2D eigenvalue weighted by atomic mass is 32.2. The number of benzene rings is 2. The van der Waals surface area contributed by atoms with Crippen molar-refractivity contribution in [1.29, 1.82) is 0 Å². The summed E-state index contributed by atoms with van der Waals surface area (Å²) in [5.74, 6) is -2.04. The van der Waals surface area contributed by atoms with Gasteiger partial charge in [-0.05, 0) is 55.8 Å². The fourth-order valence-electron chi connectivity index (χ4n) is 2.68. The Morgan fingerprint density at radius 2 is 1.67 bits per heavy atom. The monoisotopic (exact) mass is 431 g/mol. The maximum absolute atomic E-state index is 12.7. The number of carbonyl (C=O) groups is 2. The Balaban J connectivity index is 1.80. The van der Waals surface area contributed by atoms with E-state index in [-0.39, 0.29) is 21.7 Å². The van der Waals surface area contributed by atoms with E-state index in [4.69, 9.17) is 9.63 Å². The van der Waals surface area contributed by atoms with Crippen LogP contribution in [-0.4, -0.2) is 35.7 Å². The molecule has 3 rings (SSSR count). The predicted octanol–water partition coefficient (Wildman–Crippen LogP) is 2.75. The number of aromatic nitrogens is 1. The average Bonchev–Trinajstić information content (AvgIpc) is 3.08. The van der Waals surface area contributed by atoms with Crippen LogP contribution in [0, 0.1) is 13.8 Å². The maximum Gasteiger partial charge on any atom is 0.339 e.